The number of benzene rings is 2. The highest BCUT2D eigenvalue weighted by atomic mass is 32.2. The van der Waals surface area contributed by atoms with Crippen LogP contribution in [0.15, 0.2) is 40.1 Å². The Morgan fingerprint density at radius 3 is 1.90 bits per heavy atom. The van der Waals surface area contributed by atoms with Gasteiger partial charge in [-0.2, -0.15) is 0 Å². The van der Waals surface area contributed by atoms with Gasteiger partial charge in [-0.3, -0.25) is 0 Å². The lowest BCUT2D eigenvalue weighted by molar-refractivity contribution is 0.107. The lowest BCUT2D eigenvalue weighted by Crippen LogP contribution is -2.62. The largest absolute Gasteiger partial charge is 0.519 e. The minimum absolute atomic E-state index is 0.100. The van der Waals surface area contributed by atoms with Crippen LogP contribution in [-0.4, -0.2) is 12.8 Å². The average molecular weight is 445 g/mol. The molecule has 0 radical (unpaired) electrons. The van der Waals surface area contributed by atoms with Crippen molar-refractivity contribution >= 4 is 19.4 Å². The van der Waals surface area contributed by atoms with Crippen molar-refractivity contribution in [2.24, 2.45) is 0 Å². The van der Waals surface area contributed by atoms with Crippen LogP contribution in [0.2, 0.25) is 10.1 Å². The van der Waals surface area contributed by atoms with Gasteiger partial charge in [0.1, 0.15) is 5.75 Å². The molecule has 0 bridgehead atoms. The van der Waals surface area contributed by atoms with E-state index < -0.39 is 19.4 Å². The molecule has 0 spiro atoms. The molecule has 1 aliphatic heterocycles. The van der Waals surface area contributed by atoms with Crippen molar-refractivity contribution in [1.29, 1.82) is 0 Å². The maximum Gasteiger partial charge on any atom is 0.410 e. The second-order valence-electron chi connectivity index (χ2n) is 10.5. The van der Waals surface area contributed by atoms with Gasteiger partial charge in [0.15, 0.2) is 0 Å². The van der Waals surface area contributed by atoms with Crippen LogP contribution >= 0.6 is 0 Å². The van der Waals surface area contributed by atoms with Gasteiger partial charge < -0.3 is 8.85 Å². The summed E-state index contributed by atoms with van der Waals surface area (Å²) in [6.07, 6.45) is -0.107. The van der Waals surface area contributed by atoms with E-state index >= 15 is 0 Å². The molecule has 0 fully saturated rings. The minimum Gasteiger partial charge on any atom is -0.519 e. The van der Waals surface area contributed by atoms with Crippen LogP contribution < -0.4 is 4.43 Å². The predicted molar refractivity (Wildman–Crippen MR) is 127 cm³/mol. The molecule has 2 atom stereocenters. The normalized spacial score (nSPS) is 19.7. The monoisotopic (exact) mass is 444 g/mol. The molecule has 164 valence electrons. The average Bonchev–Trinajstić information content (AvgIpc) is 2.64. The predicted octanol–water partition coefficient (Wildman–Crippen LogP) is 7.29. The third-order valence-corrected chi connectivity index (χ3v) is 13.2. The zero-order valence-electron chi connectivity index (χ0n) is 20.1. The molecular formula is C25H36O3SSi. The van der Waals surface area contributed by atoms with E-state index in [2.05, 4.69) is 69.2 Å². The molecule has 0 aromatic heterocycles. The fourth-order valence-electron chi connectivity index (χ4n) is 4.94. The molecule has 3 rings (SSSR count). The summed E-state index contributed by atoms with van der Waals surface area (Å²) in [5.41, 5.74) is 4.20. The second kappa shape index (κ2) is 7.61. The third-order valence-electron chi connectivity index (χ3n) is 6.35. The summed E-state index contributed by atoms with van der Waals surface area (Å²) in [5.74, 6) is 0.953. The highest BCUT2D eigenvalue weighted by Crippen LogP contribution is 2.58. The highest BCUT2D eigenvalue weighted by Gasteiger charge is 2.63. The summed E-state index contributed by atoms with van der Waals surface area (Å²) < 4.78 is 27.3. The number of hydrogen-bond acceptors (Lipinski definition) is 3. The SMILES string of the molecule is Cc1c(C)c(S(=O)c2ccccc2)c(C)c2c1O[Si](C(C)(C)C)(C(C)(C)C)OC2C. The van der Waals surface area contributed by atoms with Crippen LogP contribution in [0.3, 0.4) is 0 Å². The fourth-order valence-corrected chi connectivity index (χ4v) is 11.2. The van der Waals surface area contributed by atoms with Gasteiger partial charge in [-0.25, -0.2) is 4.21 Å². The molecule has 0 saturated heterocycles. The van der Waals surface area contributed by atoms with Crippen molar-refractivity contribution in [1.82, 2.24) is 0 Å². The van der Waals surface area contributed by atoms with E-state index in [4.69, 9.17) is 8.85 Å². The Balaban J connectivity index is 2.26. The Bertz CT molecular complexity index is 970. The smallest absolute Gasteiger partial charge is 0.410 e. The zero-order chi connectivity index (χ0) is 22.6. The summed E-state index contributed by atoms with van der Waals surface area (Å²) >= 11 is 0. The van der Waals surface area contributed by atoms with Crippen molar-refractivity contribution in [3.05, 3.63) is 52.6 Å². The van der Waals surface area contributed by atoms with E-state index in [0.29, 0.717) is 0 Å². The van der Waals surface area contributed by atoms with E-state index in [-0.39, 0.29) is 16.2 Å². The Hall–Kier alpha value is -1.43. The van der Waals surface area contributed by atoms with Gasteiger partial charge in [-0.15, -0.1) is 0 Å². The molecule has 0 amide bonds. The molecule has 0 saturated carbocycles. The molecule has 0 N–H and O–H groups in total. The molecule has 1 aliphatic rings. The van der Waals surface area contributed by atoms with E-state index in [9.17, 15) is 4.21 Å². The van der Waals surface area contributed by atoms with E-state index in [1.54, 1.807) is 0 Å². The van der Waals surface area contributed by atoms with Crippen molar-refractivity contribution in [3.63, 3.8) is 0 Å². The molecule has 0 aliphatic carbocycles. The minimum atomic E-state index is -2.66. The Morgan fingerprint density at radius 1 is 0.867 bits per heavy atom. The Kier molecular flexibility index (Phi) is 5.89. The summed E-state index contributed by atoms with van der Waals surface area (Å²) in [5, 5.41) is -0.200. The van der Waals surface area contributed by atoms with Crippen molar-refractivity contribution in [3.8, 4) is 5.75 Å². The standard InChI is InChI=1S/C25H36O3SSi/c1-16-17(2)23(29(26)20-14-12-11-13-15-20)18(3)21-19(4)27-30(24(5,6)7,25(8,9)10)28-22(16)21/h11-15,19H,1-10H3. The summed E-state index contributed by atoms with van der Waals surface area (Å²) in [4.78, 5) is 1.71. The Morgan fingerprint density at radius 2 is 1.40 bits per heavy atom. The van der Waals surface area contributed by atoms with E-state index in [1.165, 1.54) is 0 Å². The van der Waals surface area contributed by atoms with Gasteiger partial charge in [0, 0.05) is 20.5 Å². The van der Waals surface area contributed by atoms with Crippen molar-refractivity contribution in [2.75, 3.05) is 0 Å². The van der Waals surface area contributed by atoms with Crippen molar-refractivity contribution < 1.29 is 13.1 Å². The molecule has 2 unspecified atom stereocenters. The van der Waals surface area contributed by atoms with Crippen LogP contribution in [-0.2, 0) is 15.2 Å². The van der Waals surface area contributed by atoms with Crippen LogP contribution in [0.5, 0.6) is 5.75 Å². The van der Waals surface area contributed by atoms with Crippen LogP contribution in [0.1, 0.15) is 76.8 Å². The topological polar surface area (TPSA) is 35.5 Å². The van der Waals surface area contributed by atoms with Gasteiger partial charge in [0.25, 0.3) is 0 Å². The molecule has 2 aromatic carbocycles. The zero-order valence-corrected chi connectivity index (χ0v) is 21.9. The van der Waals surface area contributed by atoms with E-state index in [1.807, 2.05) is 30.3 Å². The van der Waals surface area contributed by atoms with Gasteiger partial charge in [-0.05, 0) is 56.5 Å². The fraction of sp³-hybridized carbons (Fsp3) is 0.520. The number of rotatable bonds is 2. The lowest BCUT2D eigenvalue weighted by atomic mass is 9.96. The maximum absolute atomic E-state index is 13.5. The second-order valence-corrected chi connectivity index (χ2v) is 16.6. The van der Waals surface area contributed by atoms with E-state index in [0.717, 1.165) is 37.8 Å². The first kappa shape index (κ1) is 23.2. The molecular weight excluding hydrogens is 408 g/mol. The summed E-state index contributed by atoms with van der Waals surface area (Å²) in [7, 11) is -3.91. The van der Waals surface area contributed by atoms with Gasteiger partial charge in [-0.1, -0.05) is 59.7 Å². The first-order chi connectivity index (χ1) is 13.7. The van der Waals surface area contributed by atoms with Gasteiger partial charge >= 0.3 is 8.56 Å². The lowest BCUT2D eigenvalue weighted by Gasteiger charge is -2.53. The van der Waals surface area contributed by atoms with Gasteiger partial charge in [0.05, 0.1) is 21.8 Å². The number of fused-ring (bicyclic) bond motifs is 1. The van der Waals surface area contributed by atoms with Crippen LogP contribution in [0.4, 0.5) is 0 Å². The van der Waals surface area contributed by atoms with Crippen LogP contribution in [0.25, 0.3) is 0 Å². The molecule has 5 heteroatoms. The maximum atomic E-state index is 13.5. The molecule has 2 aromatic rings. The third kappa shape index (κ3) is 3.49. The number of hydrogen-bond donors (Lipinski definition) is 0. The first-order valence-electron chi connectivity index (χ1n) is 10.7. The molecule has 30 heavy (non-hydrogen) atoms. The molecule has 1 heterocycles. The Labute approximate surface area is 185 Å². The summed E-state index contributed by atoms with van der Waals surface area (Å²) in [6, 6.07) is 9.68. The quantitative estimate of drug-likeness (QED) is 0.456. The highest BCUT2D eigenvalue weighted by molar-refractivity contribution is 7.85. The van der Waals surface area contributed by atoms with Gasteiger partial charge in [0.2, 0.25) is 0 Å². The first-order valence-corrected chi connectivity index (χ1v) is 13.7. The summed E-state index contributed by atoms with van der Waals surface area (Å²) in [6.45, 7) is 21.7. The van der Waals surface area contributed by atoms with Crippen LogP contribution in [0, 0.1) is 20.8 Å². The molecule has 3 nitrogen and oxygen atoms in total. The van der Waals surface area contributed by atoms with Crippen molar-refractivity contribution in [2.45, 2.75) is 95.2 Å².